The van der Waals surface area contributed by atoms with Gasteiger partial charge in [0.15, 0.2) is 0 Å². The molecule has 0 spiro atoms. The molecule has 0 heterocycles. The lowest BCUT2D eigenvalue weighted by Crippen LogP contribution is -2.11. The van der Waals surface area contributed by atoms with Crippen LogP contribution in [0.25, 0.3) is 0 Å². The van der Waals surface area contributed by atoms with Gasteiger partial charge in [0, 0.05) is 18.7 Å². The number of benzene rings is 1. The topological polar surface area (TPSA) is 12.0 Å². The summed E-state index contributed by atoms with van der Waals surface area (Å²) in [5, 5.41) is 3.03. The van der Waals surface area contributed by atoms with Gasteiger partial charge in [-0.3, -0.25) is 0 Å². The van der Waals surface area contributed by atoms with Crippen molar-refractivity contribution in [3.8, 4) is 0 Å². The van der Waals surface area contributed by atoms with E-state index in [-0.39, 0.29) is 6.42 Å². The average molecular weight is 231 g/mol. The van der Waals surface area contributed by atoms with Crippen LogP contribution >= 0.6 is 0 Å². The van der Waals surface area contributed by atoms with E-state index < -0.39 is 12.6 Å². The third kappa shape index (κ3) is 4.13. The highest BCUT2D eigenvalue weighted by Gasteiger charge is 2.25. The Morgan fingerprint density at radius 1 is 1.19 bits per heavy atom. The van der Waals surface area contributed by atoms with E-state index in [0.29, 0.717) is 6.54 Å². The molecule has 0 radical (unpaired) electrons. The van der Waals surface area contributed by atoms with Crippen LogP contribution in [-0.2, 0) is 0 Å². The molecule has 0 fully saturated rings. The normalized spacial score (nSPS) is 11.6. The Morgan fingerprint density at radius 2 is 1.88 bits per heavy atom. The summed E-state index contributed by atoms with van der Waals surface area (Å²) in [5.74, 6) is 0. The largest absolute Gasteiger partial charge is 0.389 e. The fourth-order valence-electron chi connectivity index (χ4n) is 1.45. The van der Waals surface area contributed by atoms with Gasteiger partial charge in [-0.1, -0.05) is 12.1 Å². The van der Waals surface area contributed by atoms with Crippen molar-refractivity contribution in [1.82, 2.24) is 0 Å². The Balaban J connectivity index is 2.41. The lowest BCUT2D eigenvalue weighted by molar-refractivity contribution is -0.134. The average Bonchev–Trinajstić information content (AvgIpc) is 2.17. The van der Waals surface area contributed by atoms with Crippen LogP contribution in [-0.4, -0.2) is 12.7 Å². The van der Waals surface area contributed by atoms with E-state index in [4.69, 9.17) is 0 Å². The Kier molecular flexibility index (Phi) is 4.21. The van der Waals surface area contributed by atoms with Crippen LogP contribution in [0.1, 0.15) is 24.0 Å². The first-order valence-corrected chi connectivity index (χ1v) is 5.27. The first-order valence-electron chi connectivity index (χ1n) is 5.27. The minimum absolute atomic E-state index is 0.108. The first kappa shape index (κ1) is 12.9. The molecule has 0 aliphatic rings. The molecule has 0 aliphatic heterocycles. The highest BCUT2D eigenvalue weighted by Crippen LogP contribution is 2.22. The summed E-state index contributed by atoms with van der Waals surface area (Å²) in [4.78, 5) is 0. The monoisotopic (exact) mass is 231 g/mol. The summed E-state index contributed by atoms with van der Waals surface area (Å²) in [6, 6.07) is 5.76. The number of hydrogen-bond donors (Lipinski definition) is 1. The van der Waals surface area contributed by atoms with Gasteiger partial charge in [-0.2, -0.15) is 13.2 Å². The highest BCUT2D eigenvalue weighted by atomic mass is 19.4. The van der Waals surface area contributed by atoms with Crippen molar-refractivity contribution in [2.45, 2.75) is 32.9 Å². The second-order valence-electron chi connectivity index (χ2n) is 3.89. The first-order chi connectivity index (χ1) is 7.40. The minimum Gasteiger partial charge on any atom is -0.385 e. The third-order valence-corrected chi connectivity index (χ3v) is 2.56. The molecule has 0 bridgehead atoms. The van der Waals surface area contributed by atoms with Crippen molar-refractivity contribution < 1.29 is 13.2 Å². The summed E-state index contributed by atoms with van der Waals surface area (Å²) < 4.78 is 35.7. The van der Waals surface area contributed by atoms with E-state index in [9.17, 15) is 13.2 Å². The second-order valence-corrected chi connectivity index (χ2v) is 3.89. The van der Waals surface area contributed by atoms with Gasteiger partial charge >= 0.3 is 6.18 Å². The van der Waals surface area contributed by atoms with Gasteiger partial charge < -0.3 is 5.32 Å². The summed E-state index contributed by atoms with van der Waals surface area (Å²) in [7, 11) is 0. The van der Waals surface area contributed by atoms with Gasteiger partial charge in [0.2, 0.25) is 0 Å². The summed E-state index contributed by atoms with van der Waals surface area (Å²) >= 11 is 0. The summed E-state index contributed by atoms with van der Waals surface area (Å²) in [6.07, 6.45) is -4.68. The van der Waals surface area contributed by atoms with E-state index in [1.807, 2.05) is 32.0 Å². The maximum Gasteiger partial charge on any atom is 0.389 e. The number of nitrogens with one attached hydrogen (secondary N) is 1. The molecule has 1 rings (SSSR count). The molecule has 0 saturated carbocycles. The van der Waals surface area contributed by atoms with Crippen molar-refractivity contribution in [3.63, 3.8) is 0 Å². The van der Waals surface area contributed by atoms with Crippen LogP contribution in [0, 0.1) is 13.8 Å². The summed E-state index contributed by atoms with van der Waals surface area (Å²) in [5.41, 5.74) is 3.15. The molecule has 0 atom stereocenters. The van der Waals surface area contributed by atoms with Crippen LogP contribution < -0.4 is 5.32 Å². The Hall–Kier alpha value is -1.19. The number of hydrogen-bond acceptors (Lipinski definition) is 1. The molecule has 16 heavy (non-hydrogen) atoms. The second kappa shape index (κ2) is 5.23. The van der Waals surface area contributed by atoms with E-state index in [1.54, 1.807) is 0 Å². The van der Waals surface area contributed by atoms with Crippen LogP contribution in [0.15, 0.2) is 18.2 Å². The Labute approximate surface area is 93.7 Å². The number of anilines is 1. The number of halogens is 3. The van der Waals surface area contributed by atoms with Gasteiger partial charge in [0.25, 0.3) is 0 Å². The van der Waals surface area contributed by atoms with E-state index in [0.717, 1.165) is 16.8 Å². The molecule has 0 aliphatic carbocycles. The molecule has 0 aromatic heterocycles. The van der Waals surface area contributed by atoms with E-state index >= 15 is 0 Å². The molecule has 1 N–H and O–H groups in total. The lowest BCUT2D eigenvalue weighted by atomic mass is 10.1. The quantitative estimate of drug-likeness (QED) is 0.770. The molecule has 1 aromatic rings. The molecule has 90 valence electrons. The maximum absolute atomic E-state index is 11.9. The van der Waals surface area contributed by atoms with Crippen LogP contribution in [0.5, 0.6) is 0 Å². The highest BCUT2D eigenvalue weighted by molar-refractivity contribution is 5.53. The van der Waals surface area contributed by atoms with Crippen LogP contribution in [0.3, 0.4) is 0 Å². The van der Waals surface area contributed by atoms with Crippen molar-refractivity contribution in [3.05, 3.63) is 29.3 Å². The minimum atomic E-state index is -4.05. The fraction of sp³-hybridized carbons (Fsp3) is 0.500. The van der Waals surface area contributed by atoms with Crippen molar-refractivity contribution in [1.29, 1.82) is 0 Å². The predicted octanol–water partition coefficient (Wildman–Crippen LogP) is 4.06. The fourth-order valence-corrected chi connectivity index (χ4v) is 1.45. The van der Waals surface area contributed by atoms with Gasteiger partial charge in [-0.15, -0.1) is 0 Å². The van der Waals surface area contributed by atoms with Crippen molar-refractivity contribution in [2.24, 2.45) is 0 Å². The zero-order valence-corrected chi connectivity index (χ0v) is 9.49. The van der Waals surface area contributed by atoms with Crippen LogP contribution in [0.4, 0.5) is 18.9 Å². The SMILES string of the molecule is Cc1cccc(NCCCC(F)(F)F)c1C. The predicted molar refractivity (Wildman–Crippen MR) is 59.7 cm³/mol. The maximum atomic E-state index is 11.9. The number of alkyl halides is 3. The molecular weight excluding hydrogens is 215 g/mol. The molecule has 4 heteroatoms. The van der Waals surface area contributed by atoms with Gasteiger partial charge in [-0.25, -0.2) is 0 Å². The van der Waals surface area contributed by atoms with Gasteiger partial charge in [-0.05, 0) is 37.5 Å². The Bertz CT molecular complexity index is 345. The molecule has 1 aromatic carbocycles. The van der Waals surface area contributed by atoms with Crippen molar-refractivity contribution in [2.75, 3.05) is 11.9 Å². The zero-order chi connectivity index (χ0) is 12.2. The molecule has 0 unspecified atom stereocenters. The lowest BCUT2D eigenvalue weighted by Gasteiger charge is -2.12. The Morgan fingerprint density at radius 3 is 2.50 bits per heavy atom. The van der Waals surface area contributed by atoms with E-state index in [2.05, 4.69) is 5.32 Å². The van der Waals surface area contributed by atoms with Crippen LogP contribution in [0.2, 0.25) is 0 Å². The standard InChI is InChI=1S/C12H16F3N/c1-9-5-3-6-11(10(9)2)16-8-4-7-12(13,14)15/h3,5-6,16H,4,7-8H2,1-2H3. The number of rotatable bonds is 4. The smallest absolute Gasteiger partial charge is 0.385 e. The van der Waals surface area contributed by atoms with Crippen molar-refractivity contribution >= 4 is 5.69 Å². The molecule has 1 nitrogen and oxygen atoms in total. The zero-order valence-electron chi connectivity index (χ0n) is 9.49. The summed E-state index contributed by atoms with van der Waals surface area (Å²) in [6.45, 7) is 4.29. The molecule has 0 amide bonds. The van der Waals surface area contributed by atoms with E-state index in [1.165, 1.54) is 0 Å². The molecular formula is C12H16F3N. The van der Waals surface area contributed by atoms with Gasteiger partial charge in [0.1, 0.15) is 0 Å². The number of aryl methyl sites for hydroxylation is 1. The third-order valence-electron chi connectivity index (χ3n) is 2.56. The van der Waals surface area contributed by atoms with Gasteiger partial charge in [0.05, 0.1) is 0 Å². The molecule has 0 saturated heterocycles.